The zero-order valence-corrected chi connectivity index (χ0v) is 18.7. The van der Waals surface area contributed by atoms with Gasteiger partial charge >= 0.3 is 0 Å². The molecule has 0 spiro atoms. The lowest BCUT2D eigenvalue weighted by molar-refractivity contribution is -0.133. The molecule has 1 atom stereocenters. The SMILES string of the molecule is CCN(C(=O)CCn1cnc2sc3c(c2c1=O)CCCC3)C(C)c1ccc(C#N)cc1. The Morgan fingerprint density at radius 1 is 1.29 bits per heavy atom. The predicted octanol–water partition coefficient (Wildman–Crippen LogP) is 4.21. The normalized spacial score (nSPS) is 14.1. The average Bonchev–Trinajstić information content (AvgIpc) is 3.18. The molecule has 2 heterocycles. The largest absolute Gasteiger partial charge is 0.336 e. The van der Waals surface area contributed by atoms with Crippen LogP contribution in [0.15, 0.2) is 35.4 Å². The molecule has 0 saturated heterocycles. The van der Waals surface area contributed by atoms with Crippen LogP contribution in [0.2, 0.25) is 0 Å². The Hall–Kier alpha value is -2.98. The van der Waals surface area contributed by atoms with E-state index in [0.29, 0.717) is 18.7 Å². The molecule has 0 aliphatic heterocycles. The van der Waals surface area contributed by atoms with Crippen LogP contribution in [0.3, 0.4) is 0 Å². The smallest absolute Gasteiger partial charge is 0.262 e. The van der Waals surface area contributed by atoms with Crippen molar-refractivity contribution in [3.63, 3.8) is 0 Å². The van der Waals surface area contributed by atoms with Gasteiger partial charge in [-0.25, -0.2) is 4.98 Å². The fourth-order valence-corrected chi connectivity index (χ4v) is 5.60. The molecule has 4 rings (SSSR count). The third-order valence-electron chi connectivity index (χ3n) is 6.16. The van der Waals surface area contributed by atoms with Crippen molar-refractivity contribution in [1.29, 1.82) is 5.26 Å². The van der Waals surface area contributed by atoms with E-state index in [0.717, 1.165) is 35.0 Å². The van der Waals surface area contributed by atoms with Gasteiger partial charge in [-0.05, 0) is 62.8 Å². The van der Waals surface area contributed by atoms with Crippen LogP contribution in [0.25, 0.3) is 10.2 Å². The van der Waals surface area contributed by atoms with Gasteiger partial charge in [0.05, 0.1) is 29.4 Å². The van der Waals surface area contributed by atoms with Crippen LogP contribution in [0, 0.1) is 11.3 Å². The zero-order chi connectivity index (χ0) is 22.0. The second-order valence-corrected chi connectivity index (χ2v) is 9.06. The van der Waals surface area contributed by atoms with Gasteiger partial charge in [0.25, 0.3) is 5.56 Å². The van der Waals surface area contributed by atoms with Crippen molar-refractivity contribution in [3.8, 4) is 6.07 Å². The highest BCUT2D eigenvalue weighted by atomic mass is 32.1. The summed E-state index contributed by atoms with van der Waals surface area (Å²) in [6.45, 7) is 4.84. The molecule has 1 aliphatic rings. The van der Waals surface area contributed by atoms with E-state index < -0.39 is 0 Å². The summed E-state index contributed by atoms with van der Waals surface area (Å²) in [5.41, 5.74) is 2.73. The van der Waals surface area contributed by atoms with Crippen LogP contribution in [-0.2, 0) is 24.2 Å². The van der Waals surface area contributed by atoms with Crippen LogP contribution in [0.4, 0.5) is 0 Å². The van der Waals surface area contributed by atoms with Crippen molar-refractivity contribution in [2.75, 3.05) is 6.54 Å². The molecule has 7 heteroatoms. The van der Waals surface area contributed by atoms with E-state index in [2.05, 4.69) is 11.1 Å². The summed E-state index contributed by atoms with van der Waals surface area (Å²) >= 11 is 1.64. The van der Waals surface area contributed by atoms with E-state index in [4.69, 9.17) is 5.26 Å². The highest BCUT2D eigenvalue weighted by Gasteiger charge is 2.22. The standard InChI is InChI=1S/C24H26N4O2S/c1-3-28(16(2)18-10-8-17(14-25)9-11-18)21(29)12-13-27-15-26-23-22(24(27)30)19-6-4-5-7-20(19)31-23/h8-11,15-16H,3-7,12-13H2,1-2H3. The maximum Gasteiger partial charge on any atom is 0.262 e. The molecule has 2 aromatic heterocycles. The quantitative estimate of drug-likeness (QED) is 0.582. The van der Waals surface area contributed by atoms with Crippen LogP contribution in [0.5, 0.6) is 0 Å². The number of nitrogens with zero attached hydrogens (tertiary/aromatic N) is 4. The van der Waals surface area contributed by atoms with Crippen molar-refractivity contribution >= 4 is 27.5 Å². The summed E-state index contributed by atoms with van der Waals surface area (Å²) in [6.07, 6.45) is 6.10. The molecule has 3 aromatic rings. The van der Waals surface area contributed by atoms with E-state index in [-0.39, 0.29) is 23.9 Å². The molecule has 1 amide bonds. The second kappa shape index (κ2) is 9.03. The molecule has 0 radical (unpaired) electrons. The molecular weight excluding hydrogens is 408 g/mol. The van der Waals surface area contributed by atoms with Crippen molar-refractivity contribution in [2.24, 2.45) is 0 Å². The molecule has 0 fully saturated rings. The first-order valence-electron chi connectivity index (χ1n) is 10.8. The van der Waals surface area contributed by atoms with Crippen molar-refractivity contribution in [1.82, 2.24) is 14.5 Å². The highest BCUT2D eigenvalue weighted by molar-refractivity contribution is 7.18. The maximum atomic E-state index is 13.1. The van der Waals surface area contributed by atoms with Gasteiger partial charge in [0.15, 0.2) is 0 Å². The summed E-state index contributed by atoms with van der Waals surface area (Å²) < 4.78 is 1.59. The fourth-order valence-electron chi connectivity index (χ4n) is 4.38. The van der Waals surface area contributed by atoms with Gasteiger partial charge in [0.1, 0.15) is 4.83 Å². The van der Waals surface area contributed by atoms with E-state index in [1.54, 1.807) is 34.4 Å². The number of rotatable bonds is 6. The average molecular weight is 435 g/mol. The zero-order valence-electron chi connectivity index (χ0n) is 17.9. The number of carbonyl (C=O) groups is 1. The number of amides is 1. The summed E-state index contributed by atoms with van der Waals surface area (Å²) in [5, 5.41) is 9.74. The Kier molecular flexibility index (Phi) is 6.19. The van der Waals surface area contributed by atoms with Crippen LogP contribution in [0.1, 0.15) is 60.7 Å². The number of thiophene rings is 1. The van der Waals surface area contributed by atoms with Gasteiger partial charge in [-0.3, -0.25) is 14.2 Å². The minimum Gasteiger partial charge on any atom is -0.336 e. The molecular formula is C24H26N4O2S. The van der Waals surface area contributed by atoms with Gasteiger partial charge in [-0.1, -0.05) is 12.1 Å². The van der Waals surface area contributed by atoms with Gasteiger partial charge < -0.3 is 4.90 Å². The number of aryl methyl sites for hydroxylation is 3. The highest BCUT2D eigenvalue weighted by Crippen LogP contribution is 2.33. The third-order valence-corrected chi connectivity index (χ3v) is 7.36. The monoisotopic (exact) mass is 434 g/mol. The van der Waals surface area contributed by atoms with Gasteiger partial charge in [-0.2, -0.15) is 5.26 Å². The predicted molar refractivity (Wildman–Crippen MR) is 122 cm³/mol. The first-order chi connectivity index (χ1) is 15.0. The fraction of sp³-hybridized carbons (Fsp3) is 0.417. The number of hydrogen-bond donors (Lipinski definition) is 0. The molecule has 1 unspecified atom stereocenters. The molecule has 31 heavy (non-hydrogen) atoms. The van der Waals surface area contributed by atoms with E-state index in [9.17, 15) is 9.59 Å². The lowest BCUT2D eigenvalue weighted by Crippen LogP contribution is -2.34. The Balaban J connectivity index is 1.50. The lowest BCUT2D eigenvalue weighted by Gasteiger charge is -2.28. The number of carbonyl (C=O) groups excluding carboxylic acids is 1. The van der Waals surface area contributed by atoms with E-state index in [1.165, 1.54) is 16.9 Å². The Labute approximate surface area is 185 Å². The van der Waals surface area contributed by atoms with Crippen LogP contribution in [-0.4, -0.2) is 26.9 Å². The number of hydrogen-bond acceptors (Lipinski definition) is 5. The maximum absolute atomic E-state index is 13.1. The van der Waals surface area contributed by atoms with Crippen molar-refractivity contribution < 1.29 is 4.79 Å². The first-order valence-corrected chi connectivity index (χ1v) is 11.6. The second-order valence-electron chi connectivity index (χ2n) is 7.97. The summed E-state index contributed by atoms with van der Waals surface area (Å²) in [6, 6.07) is 9.33. The minimum absolute atomic E-state index is 0.00120. The lowest BCUT2D eigenvalue weighted by atomic mass is 9.97. The van der Waals surface area contributed by atoms with Gasteiger partial charge in [-0.15, -0.1) is 11.3 Å². The molecule has 0 bridgehead atoms. The summed E-state index contributed by atoms with van der Waals surface area (Å²) in [5.74, 6) is -0.00120. The first kappa shape index (κ1) is 21.3. The Morgan fingerprint density at radius 3 is 2.74 bits per heavy atom. The van der Waals surface area contributed by atoms with E-state index >= 15 is 0 Å². The summed E-state index contributed by atoms with van der Waals surface area (Å²) in [7, 11) is 0. The van der Waals surface area contributed by atoms with Gasteiger partial charge in [0.2, 0.25) is 5.91 Å². The van der Waals surface area contributed by atoms with Crippen molar-refractivity contribution in [2.45, 2.75) is 58.5 Å². The van der Waals surface area contributed by atoms with Gasteiger partial charge in [0, 0.05) is 24.4 Å². The molecule has 0 N–H and O–H groups in total. The Morgan fingerprint density at radius 2 is 2.03 bits per heavy atom. The van der Waals surface area contributed by atoms with Crippen molar-refractivity contribution in [3.05, 3.63) is 62.5 Å². The molecule has 0 saturated carbocycles. The summed E-state index contributed by atoms with van der Waals surface area (Å²) in [4.78, 5) is 34.5. The molecule has 6 nitrogen and oxygen atoms in total. The number of benzene rings is 1. The van der Waals surface area contributed by atoms with Crippen LogP contribution >= 0.6 is 11.3 Å². The van der Waals surface area contributed by atoms with Crippen LogP contribution < -0.4 is 5.56 Å². The number of fused-ring (bicyclic) bond motifs is 3. The number of aromatic nitrogens is 2. The molecule has 1 aromatic carbocycles. The Bertz CT molecular complexity index is 1200. The van der Waals surface area contributed by atoms with E-state index in [1.807, 2.05) is 30.9 Å². The molecule has 160 valence electrons. The minimum atomic E-state index is -0.105. The topological polar surface area (TPSA) is 79.0 Å². The third kappa shape index (κ3) is 4.13. The number of nitriles is 1. The molecule has 1 aliphatic carbocycles.